The van der Waals surface area contributed by atoms with Crippen molar-refractivity contribution >= 4 is 13.3 Å². The van der Waals surface area contributed by atoms with Crippen molar-refractivity contribution in [2.45, 2.75) is 6.92 Å². The molecule has 0 fully saturated rings. The number of rotatable bonds is 0. The minimum Gasteiger partial charge on any atom is -0.412 e. The molecule has 0 aliphatic carbocycles. The van der Waals surface area contributed by atoms with E-state index in [9.17, 15) is 4.39 Å². The first kappa shape index (κ1) is 12.8. The molecule has 4 heteroatoms. The monoisotopic (exact) mass is 158 g/mol. The molecule has 0 aliphatic rings. The molecule has 0 aliphatic heterocycles. The normalized spacial score (nSPS) is 7.82. The summed E-state index contributed by atoms with van der Waals surface area (Å²) < 4.78 is 12.5. The Hall–Kier alpha value is -0.865. The Morgan fingerprint density at radius 3 is 2.18 bits per heavy atom. The molecule has 11 heavy (non-hydrogen) atoms. The van der Waals surface area contributed by atoms with Crippen LogP contribution in [0.3, 0.4) is 0 Å². The molecule has 2 nitrogen and oxygen atoms in total. The SMILES string of the molecule is Bc1cc(C)ccc1F.O.O. The molecule has 0 saturated carbocycles. The quantitative estimate of drug-likeness (QED) is 0.423. The zero-order valence-corrected chi connectivity index (χ0v) is 6.61. The highest BCUT2D eigenvalue weighted by Gasteiger charge is 1.92. The average molecular weight is 158 g/mol. The first-order valence-electron chi connectivity index (χ1n) is 2.93. The zero-order valence-electron chi connectivity index (χ0n) is 6.61. The predicted octanol–water partition coefficient (Wildman–Crippen LogP) is -1.26. The fraction of sp³-hybridized carbons (Fsp3) is 0.143. The van der Waals surface area contributed by atoms with Gasteiger partial charge in [-0.05, 0) is 13.0 Å². The largest absolute Gasteiger partial charge is 0.412 e. The van der Waals surface area contributed by atoms with Crippen LogP contribution in [-0.4, -0.2) is 18.8 Å². The van der Waals surface area contributed by atoms with Crippen molar-refractivity contribution in [2.75, 3.05) is 0 Å². The molecule has 1 aromatic rings. The van der Waals surface area contributed by atoms with Crippen LogP contribution in [0.5, 0.6) is 0 Å². The maximum Gasteiger partial charge on any atom is 0.143 e. The van der Waals surface area contributed by atoms with Gasteiger partial charge >= 0.3 is 0 Å². The van der Waals surface area contributed by atoms with E-state index in [1.54, 1.807) is 13.9 Å². The average Bonchev–Trinajstić information content (AvgIpc) is 1.80. The van der Waals surface area contributed by atoms with Crippen molar-refractivity contribution in [3.8, 4) is 0 Å². The lowest BCUT2D eigenvalue weighted by Gasteiger charge is -1.95. The highest BCUT2D eigenvalue weighted by molar-refractivity contribution is 6.32. The Morgan fingerprint density at radius 1 is 1.27 bits per heavy atom. The number of benzene rings is 1. The molecule has 0 saturated heterocycles. The van der Waals surface area contributed by atoms with Crippen LogP contribution in [-0.2, 0) is 0 Å². The number of halogens is 1. The van der Waals surface area contributed by atoms with Crippen molar-refractivity contribution in [3.05, 3.63) is 29.6 Å². The highest BCUT2D eigenvalue weighted by atomic mass is 19.1. The van der Waals surface area contributed by atoms with Gasteiger partial charge in [-0.2, -0.15) is 0 Å². The smallest absolute Gasteiger partial charge is 0.143 e. The van der Waals surface area contributed by atoms with Crippen molar-refractivity contribution in [1.29, 1.82) is 0 Å². The molecule has 62 valence electrons. The van der Waals surface area contributed by atoms with Crippen LogP contribution in [0, 0.1) is 12.7 Å². The van der Waals surface area contributed by atoms with Gasteiger partial charge in [-0.1, -0.05) is 23.2 Å². The second kappa shape index (κ2) is 4.88. The van der Waals surface area contributed by atoms with Gasteiger partial charge in [0.1, 0.15) is 13.7 Å². The van der Waals surface area contributed by atoms with E-state index in [4.69, 9.17) is 0 Å². The lowest BCUT2D eigenvalue weighted by Crippen LogP contribution is -2.07. The summed E-state index contributed by atoms with van der Waals surface area (Å²) in [6, 6.07) is 5.09. The van der Waals surface area contributed by atoms with Gasteiger partial charge in [-0.3, -0.25) is 0 Å². The summed E-state index contributed by atoms with van der Waals surface area (Å²) in [7, 11) is 1.77. The standard InChI is InChI=1S/C7H8BF.2H2O/c1-5-2-3-7(9)6(8)4-5;;/h2-4H,8H2,1H3;2*1H2. The summed E-state index contributed by atoms with van der Waals surface area (Å²) in [5.41, 5.74) is 1.82. The minimum absolute atomic E-state index is 0. The molecule has 1 aromatic carbocycles. The third-order valence-electron chi connectivity index (χ3n) is 1.31. The van der Waals surface area contributed by atoms with Crippen LogP contribution in [0.4, 0.5) is 4.39 Å². The summed E-state index contributed by atoms with van der Waals surface area (Å²) >= 11 is 0. The third-order valence-corrected chi connectivity index (χ3v) is 1.31. The van der Waals surface area contributed by atoms with E-state index in [-0.39, 0.29) is 16.8 Å². The molecule has 4 N–H and O–H groups in total. The second-order valence-electron chi connectivity index (χ2n) is 2.25. The zero-order chi connectivity index (χ0) is 6.85. The van der Waals surface area contributed by atoms with Crippen molar-refractivity contribution in [3.63, 3.8) is 0 Å². The summed E-state index contributed by atoms with van der Waals surface area (Å²) in [6.45, 7) is 1.95. The summed E-state index contributed by atoms with van der Waals surface area (Å²) in [6.07, 6.45) is 0. The molecule has 0 amide bonds. The van der Waals surface area contributed by atoms with Crippen LogP contribution in [0.1, 0.15) is 5.56 Å². The predicted molar refractivity (Wildman–Crippen MR) is 46.5 cm³/mol. The first-order valence-corrected chi connectivity index (χ1v) is 2.93. The fourth-order valence-corrected chi connectivity index (χ4v) is 0.795. The van der Waals surface area contributed by atoms with Crippen molar-refractivity contribution < 1.29 is 15.3 Å². The maximum atomic E-state index is 12.5. The molecule has 0 bridgehead atoms. The van der Waals surface area contributed by atoms with E-state index in [2.05, 4.69) is 0 Å². The molecule has 0 aromatic heterocycles. The minimum atomic E-state index is -0.124. The lowest BCUT2D eigenvalue weighted by atomic mass is 9.94. The lowest BCUT2D eigenvalue weighted by molar-refractivity contribution is 0.635. The molecule has 0 spiro atoms. The molecular formula is C7H12BFO2. The Kier molecular flexibility index (Phi) is 5.66. The molecular weight excluding hydrogens is 146 g/mol. The number of aryl methyl sites for hydroxylation is 1. The van der Waals surface area contributed by atoms with Gasteiger partial charge < -0.3 is 11.0 Å². The highest BCUT2D eigenvalue weighted by Crippen LogP contribution is 1.96. The van der Waals surface area contributed by atoms with Gasteiger partial charge in [0.2, 0.25) is 0 Å². The van der Waals surface area contributed by atoms with Crippen LogP contribution >= 0.6 is 0 Å². The van der Waals surface area contributed by atoms with Gasteiger partial charge in [0.15, 0.2) is 0 Å². The van der Waals surface area contributed by atoms with Crippen LogP contribution in [0.25, 0.3) is 0 Å². The molecule has 0 atom stereocenters. The van der Waals surface area contributed by atoms with E-state index >= 15 is 0 Å². The Morgan fingerprint density at radius 2 is 1.82 bits per heavy atom. The van der Waals surface area contributed by atoms with Crippen LogP contribution in [0.2, 0.25) is 0 Å². The third kappa shape index (κ3) is 3.16. The van der Waals surface area contributed by atoms with E-state index in [0.29, 0.717) is 0 Å². The van der Waals surface area contributed by atoms with Gasteiger partial charge in [0.25, 0.3) is 0 Å². The van der Waals surface area contributed by atoms with Gasteiger partial charge in [0.05, 0.1) is 0 Å². The molecule has 0 radical (unpaired) electrons. The number of hydrogen-bond acceptors (Lipinski definition) is 0. The number of hydrogen-bond donors (Lipinski definition) is 0. The molecule has 0 unspecified atom stereocenters. The van der Waals surface area contributed by atoms with Crippen molar-refractivity contribution in [1.82, 2.24) is 0 Å². The van der Waals surface area contributed by atoms with Crippen molar-refractivity contribution in [2.24, 2.45) is 0 Å². The fourth-order valence-electron chi connectivity index (χ4n) is 0.795. The second-order valence-corrected chi connectivity index (χ2v) is 2.25. The maximum absolute atomic E-state index is 12.5. The Labute approximate surface area is 66.1 Å². The van der Waals surface area contributed by atoms with Gasteiger partial charge in [0, 0.05) is 0 Å². The summed E-state index contributed by atoms with van der Waals surface area (Å²) in [5, 5.41) is 0. The van der Waals surface area contributed by atoms with E-state index in [0.717, 1.165) is 11.0 Å². The van der Waals surface area contributed by atoms with E-state index in [1.165, 1.54) is 6.07 Å². The molecule has 0 heterocycles. The summed E-state index contributed by atoms with van der Waals surface area (Å²) in [4.78, 5) is 0. The summed E-state index contributed by atoms with van der Waals surface area (Å²) in [5.74, 6) is -0.124. The van der Waals surface area contributed by atoms with Gasteiger partial charge in [-0.25, -0.2) is 4.39 Å². The Balaban J connectivity index is 0. The molecule has 1 rings (SSSR count). The van der Waals surface area contributed by atoms with E-state index < -0.39 is 0 Å². The van der Waals surface area contributed by atoms with E-state index in [1.807, 2.05) is 13.0 Å². The first-order chi connectivity index (χ1) is 4.20. The van der Waals surface area contributed by atoms with Crippen LogP contribution < -0.4 is 5.46 Å². The van der Waals surface area contributed by atoms with Crippen LogP contribution in [0.15, 0.2) is 18.2 Å². The Bertz CT molecular complexity index is 228. The van der Waals surface area contributed by atoms with Gasteiger partial charge in [-0.15, -0.1) is 0 Å². The topological polar surface area (TPSA) is 63.0 Å².